The third-order valence-corrected chi connectivity index (χ3v) is 9.65. The van der Waals surface area contributed by atoms with Crippen molar-refractivity contribution in [3.63, 3.8) is 0 Å². The van der Waals surface area contributed by atoms with E-state index in [9.17, 15) is 41.1 Å². The van der Waals surface area contributed by atoms with Crippen molar-refractivity contribution in [3.8, 4) is 6.01 Å². The van der Waals surface area contributed by atoms with Crippen LogP contribution in [0.5, 0.6) is 6.01 Å². The molecule has 0 aliphatic heterocycles. The fraction of sp³-hybridized carbons (Fsp3) is 0.342. The van der Waals surface area contributed by atoms with E-state index in [2.05, 4.69) is 41.5 Å². The van der Waals surface area contributed by atoms with Gasteiger partial charge in [-0.1, -0.05) is 23.7 Å². The molecular formula is C38H36ClF5N8O6. The number of hydrogen-bond donors (Lipinski definition) is 5. The van der Waals surface area contributed by atoms with Crippen LogP contribution in [0.3, 0.4) is 0 Å². The topological polar surface area (TPSA) is 186 Å². The average molecular weight is 831 g/mol. The number of benzene rings is 3. The molecule has 2 unspecified atom stereocenters. The number of methoxy groups -OCH3 is 1. The number of carbonyl (C=O) groups excluding carboxylic acids is 4. The zero-order valence-corrected chi connectivity index (χ0v) is 31.3. The van der Waals surface area contributed by atoms with Crippen LogP contribution in [0.15, 0.2) is 66.7 Å². The van der Waals surface area contributed by atoms with Crippen LogP contribution in [-0.2, 0) is 24.7 Å². The first-order valence-electron chi connectivity index (χ1n) is 17.9. The fourth-order valence-electron chi connectivity index (χ4n) is 6.11. The summed E-state index contributed by atoms with van der Waals surface area (Å²) in [7, 11) is 1.11. The number of nitrogens with one attached hydrogen (secondary N) is 5. The molecule has 6 rings (SSSR count). The summed E-state index contributed by atoms with van der Waals surface area (Å²) in [6, 6.07) is 14.1. The Hall–Kier alpha value is -6.11. The number of hydrogen-bond acceptors (Lipinski definition) is 11. The van der Waals surface area contributed by atoms with Crippen LogP contribution in [0.2, 0.25) is 5.02 Å². The van der Waals surface area contributed by atoms with Gasteiger partial charge in [-0.15, -0.1) is 0 Å². The van der Waals surface area contributed by atoms with E-state index in [4.69, 9.17) is 21.1 Å². The molecule has 20 heteroatoms. The van der Waals surface area contributed by atoms with E-state index in [1.165, 1.54) is 24.3 Å². The van der Waals surface area contributed by atoms with Gasteiger partial charge >= 0.3 is 30.0 Å². The Morgan fingerprint density at radius 2 is 1.60 bits per heavy atom. The zero-order valence-electron chi connectivity index (χ0n) is 30.6. The Bertz CT molecular complexity index is 2160. The Morgan fingerprint density at radius 1 is 0.914 bits per heavy atom. The van der Waals surface area contributed by atoms with Gasteiger partial charge in [-0.2, -0.15) is 28.1 Å². The molecule has 2 aliphatic rings. The Labute approximate surface area is 332 Å². The van der Waals surface area contributed by atoms with Crippen molar-refractivity contribution in [2.75, 3.05) is 37.4 Å². The Balaban J connectivity index is 1.02. The van der Waals surface area contributed by atoms with Crippen LogP contribution in [0, 0.1) is 17.6 Å². The van der Waals surface area contributed by atoms with Gasteiger partial charge in [-0.05, 0) is 103 Å². The number of rotatable bonds is 16. The van der Waals surface area contributed by atoms with E-state index in [0.717, 1.165) is 30.9 Å². The lowest BCUT2D eigenvalue weighted by atomic mass is 10.1. The van der Waals surface area contributed by atoms with E-state index in [0.29, 0.717) is 30.0 Å². The van der Waals surface area contributed by atoms with Crippen LogP contribution in [0.25, 0.3) is 0 Å². The molecule has 3 atom stereocenters. The molecular weight excluding hydrogens is 795 g/mol. The minimum absolute atomic E-state index is 0.0457. The molecule has 5 N–H and O–H groups in total. The minimum Gasteiger partial charge on any atom is -0.467 e. The summed E-state index contributed by atoms with van der Waals surface area (Å²) in [5.41, 5.74) is 0.951. The van der Waals surface area contributed by atoms with E-state index in [-0.39, 0.29) is 54.4 Å². The molecule has 4 aromatic rings. The van der Waals surface area contributed by atoms with Gasteiger partial charge < -0.3 is 36.1 Å². The molecule has 2 aliphatic carbocycles. The molecule has 2 fully saturated rings. The maximum absolute atomic E-state index is 14.0. The molecule has 0 spiro atoms. The molecule has 1 heterocycles. The van der Waals surface area contributed by atoms with Crippen LogP contribution in [0.4, 0.5) is 39.5 Å². The molecule has 0 bridgehead atoms. The summed E-state index contributed by atoms with van der Waals surface area (Å²) >= 11 is 6.03. The third-order valence-electron chi connectivity index (χ3n) is 9.40. The van der Waals surface area contributed by atoms with Gasteiger partial charge in [-0.3, -0.25) is 14.4 Å². The standard InChI is InChI=1S/C38H36ClF5N8O6/c1-57-33(56)29(12-15-45-31(54)32(55)46-18-21-16-26(21)27-17-24(40)8-11-28(27)41)48-30(53)20-2-9-25(10-3-20)47-34-49-35(51-36(50-34)58-19-38(42,43)44)52-37(13-14-37)22-4-6-23(39)7-5-22/h2-11,17,21,26,29H,12-16,18-19H2,1H3,(H,45,54)(H,46,55)(H,48,53)(H2,47,49,50,51,52)/t21?,26?,29-/m0/s1. The van der Waals surface area contributed by atoms with Gasteiger partial charge in [0.05, 0.1) is 12.6 Å². The van der Waals surface area contributed by atoms with Gasteiger partial charge in [0.1, 0.15) is 17.7 Å². The largest absolute Gasteiger partial charge is 0.467 e. The molecule has 58 heavy (non-hydrogen) atoms. The van der Waals surface area contributed by atoms with Gasteiger partial charge in [0.2, 0.25) is 11.9 Å². The number of ether oxygens (including phenoxy) is 2. The highest BCUT2D eigenvalue weighted by molar-refractivity contribution is 6.35. The smallest absolute Gasteiger partial charge is 0.422 e. The lowest BCUT2D eigenvalue weighted by Crippen LogP contribution is -2.45. The minimum atomic E-state index is -4.65. The first kappa shape index (κ1) is 41.5. The highest BCUT2D eigenvalue weighted by Gasteiger charge is 2.45. The monoisotopic (exact) mass is 830 g/mol. The second kappa shape index (κ2) is 17.6. The highest BCUT2D eigenvalue weighted by atomic mass is 35.5. The normalized spacial score (nSPS) is 16.9. The second-order valence-corrected chi connectivity index (χ2v) is 14.1. The van der Waals surface area contributed by atoms with Crippen molar-refractivity contribution in [1.29, 1.82) is 0 Å². The van der Waals surface area contributed by atoms with Crippen LogP contribution in [-0.4, -0.2) is 77.7 Å². The number of carbonyl (C=O) groups is 4. The number of halogens is 6. The predicted molar refractivity (Wildman–Crippen MR) is 198 cm³/mol. The van der Waals surface area contributed by atoms with Gasteiger partial charge in [0, 0.05) is 29.4 Å². The van der Waals surface area contributed by atoms with Crippen molar-refractivity contribution >= 4 is 52.9 Å². The second-order valence-electron chi connectivity index (χ2n) is 13.7. The molecule has 3 aromatic carbocycles. The first-order chi connectivity index (χ1) is 27.6. The van der Waals surface area contributed by atoms with Crippen molar-refractivity contribution in [2.45, 2.75) is 49.4 Å². The first-order valence-corrected chi connectivity index (χ1v) is 18.3. The van der Waals surface area contributed by atoms with Crippen LogP contribution < -0.4 is 31.3 Å². The lowest BCUT2D eigenvalue weighted by Gasteiger charge is -2.19. The quantitative estimate of drug-likeness (QED) is 0.0562. The maximum atomic E-state index is 14.0. The summed E-state index contributed by atoms with van der Waals surface area (Å²) in [4.78, 5) is 62.6. The SMILES string of the molecule is COC(=O)[C@H](CCNC(=O)C(=O)NCC1CC1c1cc(F)ccc1F)NC(=O)c1ccc(Nc2nc(NC3(c4ccc(Cl)cc4)CC3)nc(OCC(F)(F)F)n2)cc1. The number of esters is 1. The van der Waals surface area contributed by atoms with Crippen molar-refractivity contribution in [1.82, 2.24) is 30.9 Å². The van der Waals surface area contributed by atoms with E-state index < -0.39 is 65.7 Å². The number of amides is 3. The molecule has 14 nitrogen and oxygen atoms in total. The van der Waals surface area contributed by atoms with Gasteiger partial charge in [-0.25, -0.2) is 13.6 Å². The van der Waals surface area contributed by atoms with Gasteiger partial charge in [0.25, 0.3) is 5.91 Å². The van der Waals surface area contributed by atoms with Gasteiger partial charge in [0.15, 0.2) is 6.61 Å². The Morgan fingerprint density at radius 3 is 2.28 bits per heavy atom. The summed E-state index contributed by atoms with van der Waals surface area (Å²) in [5.74, 6) is -5.25. The number of nitrogens with zero attached hydrogens (tertiary/aromatic N) is 3. The third kappa shape index (κ3) is 11.0. The summed E-state index contributed by atoms with van der Waals surface area (Å²) in [6.07, 6.45) is -2.89. The fourth-order valence-corrected chi connectivity index (χ4v) is 6.23. The Kier molecular flexibility index (Phi) is 12.6. The summed E-state index contributed by atoms with van der Waals surface area (Å²) < 4.78 is 76.1. The van der Waals surface area contributed by atoms with E-state index in [1.807, 2.05) is 12.1 Å². The molecule has 2 saturated carbocycles. The molecule has 0 radical (unpaired) electrons. The van der Waals surface area contributed by atoms with Crippen molar-refractivity contribution in [3.05, 3.63) is 100 Å². The van der Waals surface area contributed by atoms with Crippen LogP contribution >= 0.6 is 11.6 Å². The van der Waals surface area contributed by atoms with Crippen molar-refractivity contribution < 1.29 is 50.6 Å². The molecule has 3 amide bonds. The molecule has 1 aromatic heterocycles. The predicted octanol–water partition coefficient (Wildman–Crippen LogP) is 5.29. The number of anilines is 3. The highest BCUT2D eigenvalue weighted by Crippen LogP contribution is 2.49. The summed E-state index contributed by atoms with van der Waals surface area (Å²) in [6.45, 7) is -1.77. The zero-order chi connectivity index (χ0) is 41.6. The number of aromatic nitrogens is 3. The van der Waals surface area contributed by atoms with Crippen LogP contribution in [0.1, 0.15) is 53.1 Å². The van der Waals surface area contributed by atoms with Crippen molar-refractivity contribution in [2.24, 2.45) is 5.92 Å². The number of alkyl halides is 3. The van der Waals surface area contributed by atoms with E-state index in [1.54, 1.807) is 12.1 Å². The molecule has 306 valence electrons. The van der Waals surface area contributed by atoms with E-state index >= 15 is 0 Å². The molecule has 0 saturated heterocycles. The maximum Gasteiger partial charge on any atom is 0.422 e. The lowest BCUT2D eigenvalue weighted by molar-refractivity contribution is -0.154. The summed E-state index contributed by atoms with van der Waals surface area (Å²) in [5, 5.41) is 13.9. The average Bonchev–Trinajstić information content (AvgIpc) is 4.13.